The van der Waals surface area contributed by atoms with Crippen molar-refractivity contribution >= 4 is 125 Å². The molecular weight excluding hydrogens is 793 g/mol. The summed E-state index contributed by atoms with van der Waals surface area (Å²) < 4.78 is 0. The highest BCUT2D eigenvalue weighted by molar-refractivity contribution is 8.14. The first-order valence-electron chi connectivity index (χ1n) is 17.7. The molecular formula is C38H42N8S7. The van der Waals surface area contributed by atoms with E-state index >= 15 is 0 Å². The van der Waals surface area contributed by atoms with E-state index in [-0.39, 0.29) is 0 Å². The van der Waals surface area contributed by atoms with Crippen molar-refractivity contribution < 1.29 is 0 Å². The Morgan fingerprint density at radius 2 is 0.792 bits per heavy atom. The normalized spacial score (nSPS) is 12.8. The number of H-pyrrole nitrogens is 2. The number of aromatic amines is 2. The molecule has 0 unspecified atom stereocenters. The molecule has 0 amide bonds. The van der Waals surface area contributed by atoms with Crippen molar-refractivity contribution in [1.29, 1.82) is 0 Å². The lowest BCUT2D eigenvalue weighted by Gasteiger charge is -2.05. The second kappa shape index (κ2) is 19.4. The lowest BCUT2D eigenvalue weighted by atomic mass is 10.2. The van der Waals surface area contributed by atoms with Gasteiger partial charge in [-0.3, -0.25) is 0 Å². The highest BCUT2D eigenvalue weighted by Gasteiger charge is 2.28. The summed E-state index contributed by atoms with van der Waals surface area (Å²) in [5, 5.41) is 0. The summed E-state index contributed by atoms with van der Waals surface area (Å²) in [7, 11) is 0. The molecule has 8 bridgehead atoms. The van der Waals surface area contributed by atoms with Gasteiger partial charge in [0.25, 0.3) is 0 Å². The maximum absolute atomic E-state index is 5.35. The third kappa shape index (κ3) is 9.00. The molecule has 0 saturated carbocycles. The van der Waals surface area contributed by atoms with Crippen molar-refractivity contribution in [1.82, 2.24) is 39.9 Å². The van der Waals surface area contributed by atoms with Crippen LogP contribution in [0.15, 0.2) is 45.0 Å². The van der Waals surface area contributed by atoms with Crippen molar-refractivity contribution in [2.24, 2.45) is 0 Å². The fourth-order valence-corrected chi connectivity index (χ4v) is 11.8. The van der Waals surface area contributed by atoms with Gasteiger partial charge in [-0.2, -0.15) is 0 Å². The summed E-state index contributed by atoms with van der Waals surface area (Å²) >= 11 is 12.3. The number of rotatable bonds is 14. The Hall–Kier alpha value is -2.45. The molecule has 0 fully saturated rings. The monoisotopic (exact) mass is 834 g/mol. The summed E-state index contributed by atoms with van der Waals surface area (Å²) in [6.07, 6.45) is 0. The average Bonchev–Trinajstić information content (AvgIpc) is 3.85. The van der Waals surface area contributed by atoms with Crippen LogP contribution in [-0.2, 0) is 0 Å². The third-order valence-electron chi connectivity index (χ3n) is 7.43. The van der Waals surface area contributed by atoms with Gasteiger partial charge in [-0.05, 0) is 52.4 Å². The molecule has 2 aliphatic rings. The van der Waals surface area contributed by atoms with E-state index in [0.29, 0.717) is 34.6 Å². The Morgan fingerprint density at radius 3 is 1.26 bits per heavy atom. The van der Waals surface area contributed by atoms with Crippen LogP contribution in [0.5, 0.6) is 0 Å². The molecule has 0 aliphatic carbocycles. The largest absolute Gasteiger partial charge is 0.323 e. The van der Waals surface area contributed by atoms with Crippen LogP contribution < -0.4 is 0 Å². The van der Waals surface area contributed by atoms with E-state index in [1.54, 1.807) is 82.3 Å². The van der Waals surface area contributed by atoms with Crippen molar-refractivity contribution in [3.05, 3.63) is 64.8 Å². The number of hydrogen-bond donors (Lipinski definition) is 2. The number of thioether (sulfide) groups is 7. The molecule has 3 aromatic heterocycles. The van der Waals surface area contributed by atoms with Crippen LogP contribution in [0, 0.1) is 11.8 Å². The van der Waals surface area contributed by atoms with Crippen molar-refractivity contribution in [3.63, 3.8) is 0 Å². The molecule has 0 radical (unpaired) electrons. The van der Waals surface area contributed by atoms with Gasteiger partial charge in [0.2, 0.25) is 0 Å². The molecule has 0 saturated heterocycles. The third-order valence-corrected chi connectivity index (χ3v) is 14.6. The van der Waals surface area contributed by atoms with E-state index in [4.69, 9.17) is 29.9 Å². The predicted octanol–water partition coefficient (Wildman–Crippen LogP) is 11.3. The van der Waals surface area contributed by atoms with Crippen LogP contribution in [0.4, 0.5) is 0 Å². The summed E-state index contributed by atoms with van der Waals surface area (Å²) in [5.74, 6) is 15.6. The van der Waals surface area contributed by atoms with Crippen molar-refractivity contribution in [3.8, 4) is 11.8 Å². The maximum atomic E-state index is 5.35. The van der Waals surface area contributed by atoms with Gasteiger partial charge < -0.3 is 9.97 Å². The minimum atomic E-state index is 0.623. The van der Waals surface area contributed by atoms with Gasteiger partial charge in [0.05, 0.1) is 39.9 Å². The van der Waals surface area contributed by atoms with Gasteiger partial charge in [0.1, 0.15) is 16.9 Å². The molecule has 276 valence electrons. The average molecular weight is 835 g/mol. The zero-order valence-corrected chi connectivity index (χ0v) is 36.6. The first-order valence-corrected chi connectivity index (χ1v) is 24.6. The molecule has 5 heterocycles. The Morgan fingerprint density at radius 1 is 0.415 bits per heavy atom. The fourth-order valence-electron chi connectivity index (χ4n) is 5.47. The predicted molar refractivity (Wildman–Crippen MR) is 240 cm³/mol. The zero-order chi connectivity index (χ0) is 37.3. The number of aromatic nitrogens is 8. The highest BCUT2D eigenvalue weighted by atomic mass is 32.2. The Balaban J connectivity index is 1.82. The SMILES string of the molecule is CCSC1=C(SCC)c2nc1nc1nc(nc3[nH]c(nc4[nH]c(n2)c(C#Cc2ccccc2)c4SCC)c(SCC)c3SCC)C(SCC)=C1SCC. The van der Waals surface area contributed by atoms with Gasteiger partial charge in [-0.1, -0.05) is 78.5 Å². The quantitative estimate of drug-likeness (QED) is 0.0930. The molecule has 2 N–H and O–H groups in total. The van der Waals surface area contributed by atoms with E-state index in [1.165, 1.54) is 0 Å². The van der Waals surface area contributed by atoms with E-state index in [1.807, 2.05) is 30.3 Å². The first-order chi connectivity index (χ1) is 26.0. The number of hydrogen-bond acceptors (Lipinski definition) is 13. The van der Waals surface area contributed by atoms with Crippen LogP contribution in [0.3, 0.4) is 0 Å². The van der Waals surface area contributed by atoms with Crippen LogP contribution in [0.1, 0.15) is 82.9 Å². The first kappa shape index (κ1) is 40.2. The number of nitrogens with zero attached hydrogens (tertiary/aromatic N) is 6. The second-order valence-electron chi connectivity index (χ2n) is 10.9. The molecule has 6 rings (SSSR count). The van der Waals surface area contributed by atoms with Gasteiger partial charge in [0, 0.05) is 5.56 Å². The van der Waals surface area contributed by atoms with Crippen molar-refractivity contribution in [2.75, 3.05) is 40.3 Å². The smallest absolute Gasteiger partial charge is 0.171 e. The van der Waals surface area contributed by atoms with Gasteiger partial charge >= 0.3 is 0 Å². The standard InChI is InChI=1S/C38H42N8S7/c1-8-47-24-23(21-20-22-18-16-15-17-19-22)31-39-32(24)41-34-27(50-11-4)28(51-12-5)36(43-34)45-38-30(53-14-7)29(52-13-6)37(46-38)44-35-26(49-10-3)25(48-9-2)33(40-31)42-35/h15-19H,8-14H2,1-7H3,(H2,39,40,41,42,43,44,45,46). The highest BCUT2D eigenvalue weighted by Crippen LogP contribution is 2.46. The molecule has 1 aromatic carbocycles. The minimum Gasteiger partial charge on any atom is -0.323 e. The van der Waals surface area contributed by atoms with Crippen LogP contribution >= 0.6 is 82.3 Å². The van der Waals surface area contributed by atoms with E-state index in [0.717, 1.165) is 97.0 Å². The topological polar surface area (TPSA) is 109 Å². The second-order valence-corrected chi connectivity index (χ2v) is 19.9. The van der Waals surface area contributed by atoms with Crippen LogP contribution in [0.2, 0.25) is 0 Å². The molecule has 4 aromatic rings. The van der Waals surface area contributed by atoms with Crippen LogP contribution in [0.25, 0.3) is 42.2 Å². The molecule has 2 aliphatic heterocycles. The Labute approximate surface area is 341 Å². The van der Waals surface area contributed by atoms with E-state index in [9.17, 15) is 0 Å². The fraction of sp³-hybridized carbons (Fsp3) is 0.368. The zero-order valence-electron chi connectivity index (χ0n) is 30.9. The van der Waals surface area contributed by atoms with Crippen LogP contribution in [-0.4, -0.2) is 80.1 Å². The number of benzene rings is 1. The minimum absolute atomic E-state index is 0.623. The number of nitrogens with one attached hydrogen (secondary N) is 2. The summed E-state index contributed by atoms with van der Waals surface area (Å²) in [6.45, 7) is 15.1. The van der Waals surface area contributed by atoms with Gasteiger partial charge in [0.15, 0.2) is 28.9 Å². The number of fused-ring (bicyclic) bond motifs is 8. The lowest BCUT2D eigenvalue weighted by molar-refractivity contribution is 1.06. The molecule has 0 spiro atoms. The van der Waals surface area contributed by atoms with E-state index in [2.05, 4.69) is 70.3 Å². The Bertz CT molecular complexity index is 2250. The molecule has 8 nitrogen and oxygen atoms in total. The van der Waals surface area contributed by atoms with Gasteiger partial charge in [-0.25, -0.2) is 29.9 Å². The van der Waals surface area contributed by atoms with Crippen molar-refractivity contribution in [2.45, 2.75) is 63.2 Å². The van der Waals surface area contributed by atoms with E-state index < -0.39 is 0 Å². The summed E-state index contributed by atoms with van der Waals surface area (Å²) in [5.41, 5.74) is 4.59. The Kier molecular flexibility index (Phi) is 14.7. The molecule has 15 heteroatoms. The van der Waals surface area contributed by atoms with Gasteiger partial charge in [-0.15, -0.1) is 82.3 Å². The summed E-state index contributed by atoms with van der Waals surface area (Å²) in [6, 6.07) is 10.1. The maximum Gasteiger partial charge on any atom is 0.171 e. The summed E-state index contributed by atoms with van der Waals surface area (Å²) in [4.78, 5) is 46.0. The lowest BCUT2D eigenvalue weighted by Crippen LogP contribution is -1.92. The molecule has 53 heavy (non-hydrogen) atoms. The molecule has 0 atom stereocenters.